The first-order chi connectivity index (χ1) is 9.61. The third-order valence-electron chi connectivity index (χ3n) is 3.27. The van der Waals surface area contributed by atoms with Crippen LogP contribution in [0.25, 0.3) is 0 Å². The van der Waals surface area contributed by atoms with E-state index in [9.17, 15) is 4.39 Å². The van der Waals surface area contributed by atoms with Crippen molar-refractivity contribution in [2.45, 2.75) is 46.1 Å². The van der Waals surface area contributed by atoms with E-state index >= 15 is 0 Å². The molecule has 0 spiro atoms. The molecule has 3 heteroatoms. The number of nitrogens with one attached hydrogen (secondary N) is 1. The first-order valence-electron chi connectivity index (χ1n) is 7.67. The lowest BCUT2D eigenvalue weighted by Gasteiger charge is -2.19. The van der Waals surface area contributed by atoms with E-state index in [0.29, 0.717) is 12.0 Å². The zero-order valence-corrected chi connectivity index (χ0v) is 13.0. The Morgan fingerprint density at radius 2 is 1.85 bits per heavy atom. The molecule has 0 bridgehead atoms. The van der Waals surface area contributed by atoms with E-state index in [1.165, 1.54) is 17.7 Å². The number of halogens is 1. The second-order valence-electron chi connectivity index (χ2n) is 5.66. The molecule has 0 saturated heterocycles. The molecule has 1 aromatic carbocycles. The van der Waals surface area contributed by atoms with Crippen LogP contribution in [0.3, 0.4) is 0 Å². The molecule has 2 nitrogen and oxygen atoms in total. The lowest BCUT2D eigenvalue weighted by atomic mass is 9.96. The number of hydrogen-bond donors (Lipinski definition) is 1. The highest BCUT2D eigenvalue weighted by Gasteiger charge is 2.10. The zero-order chi connectivity index (χ0) is 14.8. The minimum absolute atomic E-state index is 0.170. The standard InChI is InChI=1S/C17H28FNO/c1-4-10-20-11-9-16(13-19-14(2)3)12-15-5-7-17(18)8-6-15/h5-8,14,16,19H,4,9-13H2,1-3H3. The van der Waals surface area contributed by atoms with Crippen molar-refractivity contribution in [3.63, 3.8) is 0 Å². The van der Waals surface area contributed by atoms with Crippen molar-refractivity contribution >= 4 is 0 Å². The SMILES string of the molecule is CCCOCCC(CNC(C)C)Cc1ccc(F)cc1. The van der Waals surface area contributed by atoms with Crippen LogP contribution in [0.2, 0.25) is 0 Å². The van der Waals surface area contributed by atoms with Crippen molar-refractivity contribution < 1.29 is 9.13 Å². The van der Waals surface area contributed by atoms with Crippen LogP contribution in [0.15, 0.2) is 24.3 Å². The van der Waals surface area contributed by atoms with Gasteiger partial charge in [0.25, 0.3) is 0 Å². The molecule has 1 N–H and O–H groups in total. The molecule has 20 heavy (non-hydrogen) atoms. The molecule has 0 fully saturated rings. The van der Waals surface area contributed by atoms with E-state index < -0.39 is 0 Å². The van der Waals surface area contributed by atoms with Crippen LogP contribution in [0, 0.1) is 11.7 Å². The molecule has 1 rings (SSSR count). The molecule has 0 heterocycles. The Bertz CT molecular complexity index is 351. The largest absolute Gasteiger partial charge is 0.381 e. The Kier molecular flexibility index (Phi) is 8.47. The molecule has 1 aromatic rings. The second-order valence-corrected chi connectivity index (χ2v) is 5.66. The van der Waals surface area contributed by atoms with Crippen LogP contribution in [0.4, 0.5) is 4.39 Å². The Hall–Kier alpha value is -0.930. The molecule has 0 aliphatic carbocycles. The van der Waals surface area contributed by atoms with Crippen molar-refractivity contribution in [1.82, 2.24) is 5.32 Å². The van der Waals surface area contributed by atoms with Crippen molar-refractivity contribution in [1.29, 1.82) is 0 Å². The van der Waals surface area contributed by atoms with Crippen LogP contribution < -0.4 is 5.32 Å². The van der Waals surface area contributed by atoms with E-state index in [1.807, 2.05) is 12.1 Å². The van der Waals surface area contributed by atoms with Gasteiger partial charge in [0.2, 0.25) is 0 Å². The van der Waals surface area contributed by atoms with Crippen LogP contribution >= 0.6 is 0 Å². The number of benzene rings is 1. The average molecular weight is 281 g/mol. The predicted molar refractivity (Wildman–Crippen MR) is 82.5 cm³/mol. The fourth-order valence-corrected chi connectivity index (χ4v) is 2.13. The van der Waals surface area contributed by atoms with Gasteiger partial charge in [-0.15, -0.1) is 0 Å². The Morgan fingerprint density at radius 1 is 1.15 bits per heavy atom. The summed E-state index contributed by atoms with van der Waals surface area (Å²) in [7, 11) is 0. The first-order valence-corrected chi connectivity index (χ1v) is 7.67. The normalized spacial score (nSPS) is 12.8. The Morgan fingerprint density at radius 3 is 2.45 bits per heavy atom. The van der Waals surface area contributed by atoms with Crippen molar-refractivity contribution in [3.8, 4) is 0 Å². The molecule has 1 atom stereocenters. The monoisotopic (exact) mass is 281 g/mol. The van der Waals surface area contributed by atoms with E-state index in [1.54, 1.807) is 0 Å². The van der Waals surface area contributed by atoms with Gasteiger partial charge in [-0.1, -0.05) is 32.9 Å². The van der Waals surface area contributed by atoms with Gasteiger partial charge in [-0.2, -0.15) is 0 Å². The molecule has 0 aliphatic rings. The second kappa shape index (κ2) is 9.89. The highest BCUT2D eigenvalue weighted by atomic mass is 19.1. The molecule has 0 aliphatic heterocycles. The van der Waals surface area contributed by atoms with E-state index in [4.69, 9.17) is 4.74 Å². The summed E-state index contributed by atoms with van der Waals surface area (Å²) in [4.78, 5) is 0. The fourth-order valence-electron chi connectivity index (χ4n) is 2.13. The van der Waals surface area contributed by atoms with Gasteiger partial charge in [0.1, 0.15) is 5.82 Å². The third kappa shape index (κ3) is 7.61. The molecule has 0 saturated carbocycles. The fraction of sp³-hybridized carbons (Fsp3) is 0.647. The summed E-state index contributed by atoms with van der Waals surface area (Å²) < 4.78 is 18.5. The van der Waals surface area contributed by atoms with Crippen LogP contribution in [-0.2, 0) is 11.2 Å². The van der Waals surface area contributed by atoms with Gasteiger partial charge < -0.3 is 10.1 Å². The van der Waals surface area contributed by atoms with Crippen LogP contribution in [0.5, 0.6) is 0 Å². The maximum atomic E-state index is 12.9. The smallest absolute Gasteiger partial charge is 0.123 e. The third-order valence-corrected chi connectivity index (χ3v) is 3.27. The maximum Gasteiger partial charge on any atom is 0.123 e. The van der Waals surface area contributed by atoms with E-state index in [0.717, 1.165) is 39.0 Å². The summed E-state index contributed by atoms with van der Waals surface area (Å²) >= 11 is 0. The number of hydrogen-bond acceptors (Lipinski definition) is 2. The molecular formula is C17H28FNO. The van der Waals surface area contributed by atoms with Crippen molar-refractivity contribution in [2.24, 2.45) is 5.92 Å². The lowest BCUT2D eigenvalue weighted by Crippen LogP contribution is -2.30. The van der Waals surface area contributed by atoms with Gasteiger partial charge in [0.05, 0.1) is 0 Å². The highest BCUT2D eigenvalue weighted by molar-refractivity contribution is 5.16. The van der Waals surface area contributed by atoms with Crippen molar-refractivity contribution in [2.75, 3.05) is 19.8 Å². The van der Waals surface area contributed by atoms with Crippen LogP contribution in [0.1, 0.15) is 39.2 Å². The molecule has 114 valence electrons. The summed E-state index contributed by atoms with van der Waals surface area (Å²) in [6.07, 6.45) is 3.07. The van der Waals surface area contributed by atoms with Gasteiger partial charge >= 0.3 is 0 Å². The van der Waals surface area contributed by atoms with Gasteiger partial charge in [-0.3, -0.25) is 0 Å². The first kappa shape index (κ1) is 17.1. The maximum absolute atomic E-state index is 12.9. The van der Waals surface area contributed by atoms with Gasteiger partial charge in [-0.05, 0) is 49.4 Å². The zero-order valence-electron chi connectivity index (χ0n) is 13.0. The molecule has 0 radical (unpaired) electrons. The summed E-state index contributed by atoms with van der Waals surface area (Å²) in [5.41, 5.74) is 1.19. The summed E-state index contributed by atoms with van der Waals surface area (Å²) in [6, 6.07) is 7.32. The number of rotatable bonds is 10. The molecule has 1 unspecified atom stereocenters. The summed E-state index contributed by atoms with van der Waals surface area (Å²) in [6.45, 7) is 9.05. The lowest BCUT2D eigenvalue weighted by molar-refractivity contribution is 0.120. The van der Waals surface area contributed by atoms with E-state index in [2.05, 4.69) is 26.1 Å². The molecule has 0 amide bonds. The van der Waals surface area contributed by atoms with E-state index in [-0.39, 0.29) is 5.82 Å². The summed E-state index contributed by atoms with van der Waals surface area (Å²) in [5.74, 6) is 0.358. The predicted octanol–water partition coefficient (Wildman–Crippen LogP) is 3.80. The van der Waals surface area contributed by atoms with Gasteiger partial charge in [0, 0.05) is 19.3 Å². The van der Waals surface area contributed by atoms with Gasteiger partial charge in [0.15, 0.2) is 0 Å². The Labute approximate surface area is 122 Å². The average Bonchev–Trinajstić information content (AvgIpc) is 2.43. The van der Waals surface area contributed by atoms with Crippen LogP contribution in [-0.4, -0.2) is 25.8 Å². The topological polar surface area (TPSA) is 21.3 Å². The minimum atomic E-state index is -0.170. The van der Waals surface area contributed by atoms with Crippen molar-refractivity contribution in [3.05, 3.63) is 35.6 Å². The minimum Gasteiger partial charge on any atom is -0.381 e. The quantitative estimate of drug-likeness (QED) is 0.659. The number of ether oxygens (including phenoxy) is 1. The molecule has 0 aromatic heterocycles. The Balaban J connectivity index is 2.45. The van der Waals surface area contributed by atoms with Gasteiger partial charge in [-0.25, -0.2) is 4.39 Å². The summed E-state index contributed by atoms with van der Waals surface area (Å²) in [5, 5.41) is 3.49. The highest BCUT2D eigenvalue weighted by Crippen LogP contribution is 2.13. The molecular weight excluding hydrogens is 253 g/mol.